The van der Waals surface area contributed by atoms with Crippen LogP contribution in [0.15, 0.2) is 47.4 Å². The van der Waals surface area contributed by atoms with Crippen molar-refractivity contribution in [2.45, 2.75) is 44.0 Å². The molecule has 1 atom stereocenters. The highest BCUT2D eigenvalue weighted by molar-refractivity contribution is 7.89. The molecule has 1 saturated heterocycles. The number of halogens is 1. The number of carbonyl (C=O) groups is 1. The number of rotatable bonds is 4. The Labute approximate surface area is 165 Å². The Morgan fingerprint density at radius 3 is 2.67 bits per heavy atom. The van der Waals surface area contributed by atoms with Gasteiger partial charge >= 0.3 is 0 Å². The fourth-order valence-corrected chi connectivity index (χ4v) is 5.30. The number of aryl methyl sites for hydroxylation is 1. The van der Waals surface area contributed by atoms with E-state index in [1.807, 2.05) is 13.8 Å². The smallest absolute Gasteiger partial charge is 0.255 e. The predicted molar refractivity (Wildman–Crippen MR) is 108 cm³/mol. The molecule has 3 rings (SSSR count). The summed E-state index contributed by atoms with van der Waals surface area (Å²) in [6, 6.07) is 11.4. The topological polar surface area (TPSA) is 66.5 Å². The third kappa shape index (κ3) is 4.34. The highest BCUT2D eigenvalue weighted by atomic mass is 35.5. The van der Waals surface area contributed by atoms with Gasteiger partial charge in [0.05, 0.1) is 4.90 Å². The lowest BCUT2D eigenvalue weighted by Gasteiger charge is -2.32. The van der Waals surface area contributed by atoms with Gasteiger partial charge in [-0.2, -0.15) is 4.31 Å². The zero-order chi connectivity index (χ0) is 19.6. The van der Waals surface area contributed by atoms with Crippen molar-refractivity contribution in [1.82, 2.24) is 4.31 Å². The first-order chi connectivity index (χ1) is 12.8. The van der Waals surface area contributed by atoms with Gasteiger partial charge in [0.25, 0.3) is 5.91 Å². The Balaban J connectivity index is 1.85. The average molecular weight is 407 g/mol. The summed E-state index contributed by atoms with van der Waals surface area (Å²) < 4.78 is 27.5. The zero-order valence-corrected chi connectivity index (χ0v) is 17.0. The number of hydrogen-bond donors (Lipinski definition) is 1. The van der Waals surface area contributed by atoms with Crippen molar-refractivity contribution in [3.63, 3.8) is 0 Å². The van der Waals surface area contributed by atoms with E-state index in [0.717, 1.165) is 24.8 Å². The summed E-state index contributed by atoms with van der Waals surface area (Å²) in [6.45, 7) is 4.29. The maximum atomic E-state index is 13.0. The minimum absolute atomic E-state index is 0.0297. The van der Waals surface area contributed by atoms with E-state index < -0.39 is 10.0 Å². The van der Waals surface area contributed by atoms with E-state index in [-0.39, 0.29) is 16.8 Å². The zero-order valence-electron chi connectivity index (χ0n) is 15.4. The molecule has 1 unspecified atom stereocenters. The first kappa shape index (κ1) is 19.9. The van der Waals surface area contributed by atoms with Crippen LogP contribution in [0.1, 0.15) is 42.1 Å². The van der Waals surface area contributed by atoms with Gasteiger partial charge in [-0.25, -0.2) is 8.42 Å². The molecule has 0 bridgehead atoms. The second-order valence-corrected chi connectivity index (χ2v) is 9.23. The van der Waals surface area contributed by atoms with Crippen molar-refractivity contribution in [3.05, 3.63) is 58.6 Å². The minimum atomic E-state index is -3.62. The maximum Gasteiger partial charge on any atom is 0.255 e. The molecule has 1 aliphatic rings. The van der Waals surface area contributed by atoms with Crippen LogP contribution in [-0.2, 0) is 10.0 Å². The molecule has 1 fully saturated rings. The van der Waals surface area contributed by atoms with Gasteiger partial charge in [0.2, 0.25) is 10.0 Å². The number of piperidine rings is 1. The summed E-state index contributed by atoms with van der Waals surface area (Å²) in [5.74, 6) is -0.357. The fourth-order valence-electron chi connectivity index (χ4n) is 3.32. The largest absolute Gasteiger partial charge is 0.322 e. The van der Waals surface area contributed by atoms with Gasteiger partial charge in [-0.15, -0.1) is 0 Å². The van der Waals surface area contributed by atoms with Crippen LogP contribution in [0, 0.1) is 6.92 Å². The van der Waals surface area contributed by atoms with E-state index in [1.165, 1.54) is 10.4 Å². The molecule has 0 aromatic heterocycles. The van der Waals surface area contributed by atoms with Crippen molar-refractivity contribution < 1.29 is 13.2 Å². The molecule has 27 heavy (non-hydrogen) atoms. The maximum absolute atomic E-state index is 13.0. The summed E-state index contributed by atoms with van der Waals surface area (Å²) in [4.78, 5) is 12.8. The number of hydrogen-bond acceptors (Lipinski definition) is 3. The minimum Gasteiger partial charge on any atom is -0.322 e. The average Bonchev–Trinajstić information content (AvgIpc) is 2.64. The number of benzene rings is 2. The molecule has 5 nitrogen and oxygen atoms in total. The molecular formula is C20H23ClN2O3S. The Kier molecular flexibility index (Phi) is 5.89. The third-order valence-electron chi connectivity index (χ3n) is 4.88. The Hall–Kier alpha value is -1.89. The van der Waals surface area contributed by atoms with Gasteiger partial charge < -0.3 is 5.32 Å². The SMILES string of the molecule is Cc1cc(Cl)ccc1NC(=O)c1cccc(S(=O)(=O)N2CCCCC2C)c1. The first-order valence-corrected chi connectivity index (χ1v) is 10.8. The molecule has 2 aromatic carbocycles. The van der Waals surface area contributed by atoms with E-state index in [2.05, 4.69) is 5.32 Å². The van der Waals surface area contributed by atoms with Crippen LogP contribution < -0.4 is 5.32 Å². The van der Waals surface area contributed by atoms with Gasteiger partial charge in [-0.1, -0.05) is 24.1 Å². The second-order valence-electron chi connectivity index (χ2n) is 6.90. The molecule has 1 N–H and O–H groups in total. The van der Waals surface area contributed by atoms with Crippen molar-refractivity contribution >= 4 is 33.2 Å². The normalized spacial score (nSPS) is 18.3. The molecule has 2 aromatic rings. The van der Waals surface area contributed by atoms with Crippen LogP contribution in [0.4, 0.5) is 5.69 Å². The van der Waals surface area contributed by atoms with E-state index in [9.17, 15) is 13.2 Å². The van der Waals surface area contributed by atoms with Gasteiger partial charge in [0.1, 0.15) is 0 Å². The molecule has 0 aliphatic carbocycles. The van der Waals surface area contributed by atoms with E-state index in [0.29, 0.717) is 22.8 Å². The first-order valence-electron chi connectivity index (χ1n) is 8.98. The highest BCUT2D eigenvalue weighted by Gasteiger charge is 2.31. The third-order valence-corrected chi connectivity index (χ3v) is 7.13. The Morgan fingerprint density at radius 1 is 1.19 bits per heavy atom. The van der Waals surface area contributed by atoms with Gasteiger partial charge in [-0.05, 0) is 68.7 Å². The number of nitrogens with one attached hydrogen (secondary N) is 1. The Bertz CT molecular complexity index is 959. The summed E-state index contributed by atoms with van der Waals surface area (Å²) >= 11 is 5.94. The number of amides is 1. The standard InChI is InChI=1S/C20H23ClN2O3S/c1-14-12-17(21)9-10-19(14)22-20(24)16-7-5-8-18(13-16)27(25,26)23-11-4-3-6-15(23)2/h5,7-10,12-13,15H,3-4,6,11H2,1-2H3,(H,22,24). The predicted octanol–water partition coefficient (Wildman–Crippen LogP) is 4.46. The van der Waals surface area contributed by atoms with Crippen LogP contribution in [0.2, 0.25) is 5.02 Å². The monoisotopic (exact) mass is 406 g/mol. The fraction of sp³-hybridized carbons (Fsp3) is 0.350. The second kappa shape index (κ2) is 8.00. The number of anilines is 1. The molecule has 144 valence electrons. The van der Waals surface area contributed by atoms with Crippen LogP contribution in [0.3, 0.4) is 0 Å². The number of carbonyl (C=O) groups excluding carboxylic acids is 1. The van der Waals surface area contributed by atoms with Crippen LogP contribution in [0.25, 0.3) is 0 Å². The quantitative estimate of drug-likeness (QED) is 0.814. The molecule has 1 amide bonds. The molecule has 0 spiro atoms. The van der Waals surface area contributed by atoms with Crippen molar-refractivity contribution in [2.75, 3.05) is 11.9 Å². The van der Waals surface area contributed by atoms with E-state index in [1.54, 1.807) is 36.4 Å². The van der Waals surface area contributed by atoms with Crippen molar-refractivity contribution in [2.24, 2.45) is 0 Å². The van der Waals surface area contributed by atoms with Gasteiger partial charge in [0, 0.05) is 28.9 Å². The summed E-state index contributed by atoms with van der Waals surface area (Å²) in [7, 11) is -3.62. The van der Waals surface area contributed by atoms with Crippen LogP contribution >= 0.6 is 11.6 Å². The molecule has 0 saturated carbocycles. The molecular weight excluding hydrogens is 384 g/mol. The number of nitrogens with zero attached hydrogens (tertiary/aromatic N) is 1. The van der Waals surface area contributed by atoms with Gasteiger partial charge in [0.15, 0.2) is 0 Å². The molecule has 1 aliphatic heterocycles. The lowest BCUT2D eigenvalue weighted by Crippen LogP contribution is -2.41. The van der Waals surface area contributed by atoms with E-state index >= 15 is 0 Å². The van der Waals surface area contributed by atoms with E-state index in [4.69, 9.17) is 11.6 Å². The molecule has 0 radical (unpaired) electrons. The Morgan fingerprint density at radius 2 is 1.96 bits per heavy atom. The summed E-state index contributed by atoms with van der Waals surface area (Å²) in [6.07, 6.45) is 2.75. The molecule has 1 heterocycles. The number of sulfonamides is 1. The summed E-state index contributed by atoms with van der Waals surface area (Å²) in [5, 5.41) is 3.41. The molecule has 7 heteroatoms. The lowest BCUT2D eigenvalue weighted by molar-refractivity contribution is 0.102. The highest BCUT2D eigenvalue weighted by Crippen LogP contribution is 2.26. The van der Waals surface area contributed by atoms with Crippen molar-refractivity contribution in [3.8, 4) is 0 Å². The van der Waals surface area contributed by atoms with Crippen LogP contribution in [0.5, 0.6) is 0 Å². The van der Waals surface area contributed by atoms with Crippen LogP contribution in [-0.4, -0.2) is 31.2 Å². The van der Waals surface area contributed by atoms with Gasteiger partial charge in [-0.3, -0.25) is 4.79 Å². The summed E-state index contributed by atoms with van der Waals surface area (Å²) in [5.41, 5.74) is 1.78. The van der Waals surface area contributed by atoms with Crippen molar-refractivity contribution in [1.29, 1.82) is 0 Å². The lowest BCUT2D eigenvalue weighted by atomic mass is 10.1.